The fraction of sp³-hybridized carbons (Fsp3) is 0.353. The molecule has 7 heteroatoms. The molecule has 1 atom stereocenters. The number of aromatic nitrogens is 1. The van der Waals surface area contributed by atoms with E-state index in [2.05, 4.69) is 10.3 Å². The van der Waals surface area contributed by atoms with Gasteiger partial charge in [0.15, 0.2) is 0 Å². The van der Waals surface area contributed by atoms with Crippen molar-refractivity contribution in [3.63, 3.8) is 0 Å². The summed E-state index contributed by atoms with van der Waals surface area (Å²) in [5.74, 6) is -0.0214. The van der Waals surface area contributed by atoms with Crippen LogP contribution in [0.5, 0.6) is 0 Å². The van der Waals surface area contributed by atoms with Crippen LogP contribution in [-0.4, -0.2) is 41.0 Å². The van der Waals surface area contributed by atoms with Crippen molar-refractivity contribution in [2.75, 3.05) is 18.0 Å². The van der Waals surface area contributed by atoms with Crippen molar-refractivity contribution in [3.8, 4) is 0 Å². The molecule has 0 radical (unpaired) electrons. The van der Waals surface area contributed by atoms with Gasteiger partial charge in [-0.3, -0.25) is 4.79 Å². The molecule has 1 aromatic carbocycles. The second-order valence-corrected chi connectivity index (χ2v) is 6.27. The number of thiazole rings is 1. The zero-order valence-corrected chi connectivity index (χ0v) is 14.3. The lowest BCUT2D eigenvalue weighted by Crippen LogP contribution is -2.49. The predicted molar refractivity (Wildman–Crippen MR) is 93.9 cm³/mol. The molecule has 0 unspecified atom stereocenters. The number of anilines is 1. The van der Waals surface area contributed by atoms with Gasteiger partial charge in [-0.05, 0) is 25.5 Å². The average Bonchev–Trinajstić information content (AvgIpc) is 3.25. The maximum absolute atomic E-state index is 12.7. The number of urea groups is 1. The van der Waals surface area contributed by atoms with Gasteiger partial charge in [-0.25, -0.2) is 9.78 Å². The first-order chi connectivity index (χ1) is 11.7. The van der Waals surface area contributed by atoms with Crippen molar-refractivity contribution in [1.82, 2.24) is 15.2 Å². The molecular weight excluding hydrogens is 324 g/mol. The highest BCUT2D eigenvalue weighted by atomic mass is 32.1. The van der Waals surface area contributed by atoms with Crippen molar-refractivity contribution in [1.29, 1.82) is 0 Å². The van der Waals surface area contributed by atoms with Gasteiger partial charge in [0.1, 0.15) is 6.04 Å². The zero-order chi connectivity index (χ0) is 16.9. The quantitative estimate of drug-likeness (QED) is 0.906. The van der Waals surface area contributed by atoms with Gasteiger partial charge < -0.3 is 15.1 Å². The topological polar surface area (TPSA) is 65.5 Å². The number of para-hydroxylation sites is 1. The van der Waals surface area contributed by atoms with E-state index >= 15 is 0 Å². The summed E-state index contributed by atoms with van der Waals surface area (Å²) in [6, 6.07) is 8.94. The Kier molecular flexibility index (Phi) is 5.10. The van der Waals surface area contributed by atoms with Crippen molar-refractivity contribution in [2.45, 2.75) is 25.9 Å². The molecule has 1 aromatic heterocycles. The second-order valence-electron chi connectivity index (χ2n) is 5.55. The fourth-order valence-corrected chi connectivity index (χ4v) is 3.47. The SMILES string of the molecule is CCN(C(=O)NCc1cscn1)[C@H]1CCN(c2ccccc2)C1=O. The Labute approximate surface area is 145 Å². The van der Waals surface area contributed by atoms with Gasteiger partial charge in [-0.1, -0.05) is 18.2 Å². The molecule has 0 bridgehead atoms. The third-order valence-corrected chi connectivity index (χ3v) is 4.76. The van der Waals surface area contributed by atoms with Crippen LogP contribution in [0.2, 0.25) is 0 Å². The Morgan fingerprint density at radius 2 is 2.21 bits per heavy atom. The summed E-state index contributed by atoms with van der Waals surface area (Å²) >= 11 is 1.49. The molecular formula is C17H20N4O2S. The Morgan fingerprint density at radius 3 is 2.88 bits per heavy atom. The maximum Gasteiger partial charge on any atom is 0.318 e. The van der Waals surface area contributed by atoms with Crippen LogP contribution in [0, 0.1) is 0 Å². The number of hydrogen-bond acceptors (Lipinski definition) is 4. The summed E-state index contributed by atoms with van der Waals surface area (Å²) in [4.78, 5) is 32.7. The number of likely N-dealkylation sites (N-methyl/N-ethyl adjacent to an activating group) is 1. The highest BCUT2D eigenvalue weighted by Crippen LogP contribution is 2.24. The van der Waals surface area contributed by atoms with Crippen LogP contribution < -0.4 is 10.2 Å². The molecule has 3 amide bonds. The van der Waals surface area contributed by atoms with Crippen LogP contribution in [0.1, 0.15) is 19.0 Å². The lowest BCUT2D eigenvalue weighted by molar-refractivity contribution is -0.120. The molecule has 3 rings (SSSR count). The third kappa shape index (κ3) is 3.41. The van der Waals surface area contributed by atoms with Gasteiger partial charge in [0.05, 0.1) is 17.7 Å². The normalized spacial score (nSPS) is 17.1. The number of rotatable bonds is 5. The monoisotopic (exact) mass is 344 g/mol. The van der Waals surface area contributed by atoms with E-state index in [0.29, 0.717) is 26.1 Å². The molecule has 1 aliphatic rings. The molecule has 1 saturated heterocycles. The zero-order valence-electron chi connectivity index (χ0n) is 13.5. The summed E-state index contributed by atoms with van der Waals surface area (Å²) in [6.07, 6.45) is 0.645. The first kappa shape index (κ1) is 16.4. The lowest BCUT2D eigenvalue weighted by Gasteiger charge is -2.27. The minimum absolute atomic E-state index is 0.0214. The van der Waals surface area contributed by atoms with Gasteiger partial charge in [-0.15, -0.1) is 11.3 Å². The molecule has 1 N–H and O–H groups in total. The first-order valence-corrected chi connectivity index (χ1v) is 8.93. The van der Waals surface area contributed by atoms with E-state index in [1.807, 2.05) is 42.6 Å². The Balaban J connectivity index is 1.65. The maximum atomic E-state index is 12.7. The van der Waals surface area contributed by atoms with E-state index in [-0.39, 0.29) is 11.9 Å². The summed E-state index contributed by atoms with van der Waals surface area (Å²) in [7, 11) is 0. The Morgan fingerprint density at radius 1 is 1.42 bits per heavy atom. The van der Waals surface area contributed by atoms with Gasteiger partial charge in [-0.2, -0.15) is 0 Å². The smallest absolute Gasteiger partial charge is 0.318 e. The third-order valence-electron chi connectivity index (χ3n) is 4.13. The van der Waals surface area contributed by atoms with E-state index in [4.69, 9.17) is 0 Å². The van der Waals surface area contributed by atoms with E-state index in [9.17, 15) is 9.59 Å². The van der Waals surface area contributed by atoms with E-state index in [1.165, 1.54) is 11.3 Å². The van der Waals surface area contributed by atoms with E-state index in [0.717, 1.165) is 11.4 Å². The minimum Gasteiger partial charge on any atom is -0.332 e. The molecule has 126 valence electrons. The van der Waals surface area contributed by atoms with Gasteiger partial charge in [0.25, 0.3) is 0 Å². The number of hydrogen-bond donors (Lipinski definition) is 1. The number of nitrogens with one attached hydrogen (secondary N) is 1. The summed E-state index contributed by atoms with van der Waals surface area (Å²) in [5.41, 5.74) is 3.44. The molecule has 6 nitrogen and oxygen atoms in total. The largest absolute Gasteiger partial charge is 0.332 e. The highest BCUT2D eigenvalue weighted by Gasteiger charge is 2.38. The fourth-order valence-electron chi connectivity index (χ4n) is 2.92. The molecule has 2 heterocycles. The molecule has 1 fully saturated rings. The second kappa shape index (κ2) is 7.44. The van der Waals surface area contributed by atoms with Crippen molar-refractivity contribution < 1.29 is 9.59 Å². The molecule has 2 aromatic rings. The van der Waals surface area contributed by atoms with Crippen LogP contribution in [0.4, 0.5) is 10.5 Å². The molecule has 24 heavy (non-hydrogen) atoms. The lowest BCUT2D eigenvalue weighted by atomic mass is 10.2. The van der Waals surface area contributed by atoms with Gasteiger partial charge in [0.2, 0.25) is 5.91 Å². The minimum atomic E-state index is -0.411. The predicted octanol–water partition coefficient (Wildman–Crippen LogP) is 2.48. The molecule has 0 aliphatic carbocycles. The summed E-state index contributed by atoms with van der Waals surface area (Å²) in [6.45, 7) is 3.38. The van der Waals surface area contributed by atoms with Crippen molar-refractivity contribution >= 4 is 29.0 Å². The number of amides is 3. The number of carbonyl (C=O) groups excluding carboxylic acids is 2. The van der Waals surface area contributed by atoms with Gasteiger partial charge in [0, 0.05) is 24.2 Å². The van der Waals surface area contributed by atoms with Crippen LogP contribution in [0.25, 0.3) is 0 Å². The number of benzene rings is 1. The van der Waals surface area contributed by atoms with Crippen LogP contribution >= 0.6 is 11.3 Å². The number of carbonyl (C=O) groups is 2. The Hall–Kier alpha value is -2.41. The van der Waals surface area contributed by atoms with E-state index < -0.39 is 6.04 Å². The van der Waals surface area contributed by atoms with E-state index in [1.54, 1.807) is 15.3 Å². The summed E-state index contributed by atoms with van der Waals surface area (Å²) in [5, 5.41) is 4.75. The van der Waals surface area contributed by atoms with Crippen LogP contribution in [-0.2, 0) is 11.3 Å². The van der Waals surface area contributed by atoms with Crippen LogP contribution in [0.3, 0.4) is 0 Å². The Bertz CT molecular complexity index is 690. The molecule has 1 aliphatic heterocycles. The highest BCUT2D eigenvalue weighted by molar-refractivity contribution is 7.07. The van der Waals surface area contributed by atoms with Crippen LogP contribution in [0.15, 0.2) is 41.2 Å². The molecule has 0 spiro atoms. The van der Waals surface area contributed by atoms with Crippen molar-refractivity contribution in [3.05, 3.63) is 46.9 Å². The standard InChI is InChI=1S/C17H20N4O2S/c1-2-20(17(23)18-10-13-11-24-12-19-13)15-8-9-21(16(15)22)14-6-4-3-5-7-14/h3-7,11-12,15H,2,8-10H2,1H3,(H,18,23)/t15-/m0/s1. The van der Waals surface area contributed by atoms with Gasteiger partial charge >= 0.3 is 6.03 Å². The summed E-state index contributed by atoms with van der Waals surface area (Å²) < 4.78 is 0. The first-order valence-electron chi connectivity index (χ1n) is 7.98. The number of nitrogens with zero attached hydrogens (tertiary/aromatic N) is 3. The average molecular weight is 344 g/mol. The van der Waals surface area contributed by atoms with Crippen molar-refractivity contribution in [2.24, 2.45) is 0 Å². The molecule has 0 saturated carbocycles.